The zero-order valence-electron chi connectivity index (χ0n) is 12.0. The highest BCUT2D eigenvalue weighted by atomic mass is 16.5. The number of nitrogens with one attached hydrogen (secondary N) is 1. The van der Waals surface area contributed by atoms with E-state index < -0.39 is 0 Å². The fourth-order valence-corrected chi connectivity index (χ4v) is 2.90. The quantitative estimate of drug-likeness (QED) is 0.821. The van der Waals surface area contributed by atoms with Crippen LogP contribution in [0.15, 0.2) is 42.5 Å². The first-order valence-corrected chi connectivity index (χ1v) is 7.42. The number of hydrogen-bond acceptors (Lipinski definition) is 2. The Kier molecular flexibility index (Phi) is 3.91. The van der Waals surface area contributed by atoms with Crippen LogP contribution in [-0.4, -0.2) is 13.7 Å². The molecule has 3 rings (SSSR count). The van der Waals surface area contributed by atoms with Crippen molar-refractivity contribution < 1.29 is 4.74 Å². The Morgan fingerprint density at radius 3 is 2.75 bits per heavy atom. The van der Waals surface area contributed by atoms with E-state index in [2.05, 4.69) is 47.8 Å². The molecule has 0 radical (unpaired) electrons. The molecule has 2 aromatic carbocycles. The summed E-state index contributed by atoms with van der Waals surface area (Å²) < 4.78 is 6.02. The van der Waals surface area contributed by atoms with E-state index in [1.807, 2.05) is 7.05 Å². The monoisotopic (exact) mass is 267 g/mol. The van der Waals surface area contributed by atoms with Crippen LogP contribution in [0.3, 0.4) is 0 Å². The van der Waals surface area contributed by atoms with Crippen molar-refractivity contribution in [2.24, 2.45) is 0 Å². The topological polar surface area (TPSA) is 21.3 Å². The molecule has 1 N–H and O–H groups in total. The Bertz CT molecular complexity index is 592. The number of aryl methyl sites for hydroxylation is 1. The number of benzene rings is 2. The summed E-state index contributed by atoms with van der Waals surface area (Å²) >= 11 is 0. The molecule has 0 aliphatic carbocycles. The van der Waals surface area contributed by atoms with Gasteiger partial charge >= 0.3 is 0 Å². The van der Waals surface area contributed by atoms with Crippen molar-refractivity contribution in [2.45, 2.75) is 25.7 Å². The summed E-state index contributed by atoms with van der Waals surface area (Å²) in [4.78, 5) is 0. The van der Waals surface area contributed by atoms with Crippen LogP contribution in [0.2, 0.25) is 0 Å². The summed E-state index contributed by atoms with van der Waals surface area (Å²) in [5, 5.41) is 3.30. The summed E-state index contributed by atoms with van der Waals surface area (Å²) in [5.74, 6) is 0.992. The van der Waals surface area contributed by atoms with Gasteiger partial charge in [0, 0.05) is 18.3 Å². The SMILES string of the molecule is CNc1cccc2c1-c1ccccc1CCCCCO2. The number of hydrogen-bond donors (Lipinski definition) is 1. The van der Waals surface area contributed by atoms with E-state index in [9.17, 15) is 0 Å². The Labute approximate surface area is 120 Å². The van der Waals surface area contributed by atoms with Gasteiger partial charge in [0.15, 0.2) is 0 Å². The summed E-state index contributed by atoms with van der Waals surface area (Å²) in [6, 6.07) is 14.9. The maximum atomic E-state index is 6.02. The molecule has 1 aliphatic heterocycles. The smallest absolute Gasteiger partial charge is 0.129 e. The zero-order valence-corrected chi connectivity index (χ0v) is 12.0. The van der Waals surface area contributed by atoms with E-state index in [-0.39, 0.29) is 0 Å². The van der Waals surface area contributed by atoms with Gasteiger partial charge in [0.05, 0.1) is 6.61 Å². The van der Waals surface area contributed by atoms with E-state index in [0.717, 1.165) is 30.9 Å². The number of fused-ring (bicyclic) bond motifs is 3. The van der Waals surface area contributed by atoms with Crippen molar-refractivity contribution in [1.82, 2.24) is 0 Å². The predicted molar refractivity (Wildman–Crippen MR) is 84.5 cm³/mol. The molecule has 0 amide bonds. The lowest BCUT2D eigenvalue weighted by Gasteiger charge is -2.19. The summed E-state index contributed by atoms with van der Waals surface area (Å²) in [5.41, 5.74) is 5.05. The highest BCUT2D eigenvalue weighted by Gasteiger charge is 2.15. The van der Waals surface area contributed by atoms with Crippen molar-refractivity contribution in [3.05, 3.63) is 48.0 Å². The van der Waals surface area contributed by atoms with Crippen LogP contribution in [0.1, 0.15) is 24.8 Å². The molecule has 2 nitrogen and oxygen atoms in total. The van der Waals surface area contributed by atoms with E-state index in [1.54, 1.807) is 0 Å². The molecule has 2 aromatic rings. The highest BCUT2D eigenvalue weighted by Crippen LogP contribution is 2.39. The van der Waals surface area contributed by atoms with Gasteiger partial charge < -0.3 is 10.1 Å². The third kappa shape index (κ3) is 2.51. The Balaban J connectivity index is 2.19. The Morgan fingerprint density at radius 2 is 1.85 bits per heavy atom. The molecular weight excluding hydrogens is 246 g/mol. The average Bonchev–Trinajstić information content (AvgIpc) is 2.51. The summed E-state index contributed by atoms with van der Waals surface area (Å²) in [6.07, 6.45) is 4.74. The molecule has 0 saturated carbocycles. The van der Waals surface area contributed by atoms with Gasteiger partial charge in [-0.1, -0.05) is 30.3 Å². The fraction of sp³-hybridized carbons (Fsp3) is 0.333. The Morgan fingerprint density at radius 1 is 0.950 bits per heavy atom. The molecule has 0 fully saturated rings. The maximum absolute atomic E-state index is 6.02. The van der Waals surface area contributed by atoms with Crippen LogP contribution < -0.4 is 10.1 Å². The van der Waals surface area contributed by atoms with Crippen molar-refractivity contribution in [2.75, 3.05) is 19.0 Å². The second-order valence-corrected chi connectivity index (χ2v) is 5.24. The molecule has 0 saturated heterocycles. The molecule has 0 bridgehead atoms. The van der Waals surface area contributed by atoms with E-state index in [4.69, 9.17) is 4.74 Å². The third-order valence-electron chi connectivity index (χ3n) is 3.93. The maximum Gasteiger partial charge on any atom is 0.129 e. The molecule has 0 spiro atoms. The first-order valence-electron chi connectivity index (χ1n) is 7.42. The predicted octanol–water partition coefficient (Wildman–Crippen LogP) is 4.50. The van der Waals surface area contributed by atoms with Crippen LogP contribution in [0, 0.1) is 0 Å². The lowest BCUT2D eigenvalue weighted by molar-refractivity contribution is 0.306. The van der Waals surface area contributed by atoms with Gasteiger partial charge in [-0.25, -0.2) is 0 Å². The minimum atomic E-state index is 0.808. The first kappa shape index (κ1) is 13.0. The largest absolute Gasteiger partial charge is 0.493 e. The Hall–Kier alpha value is -1.96. The molecule has 1 heterocycles. The van der Waals surface area contributed by atoms with Crippen molar-refractivity contribution in [3.63, 3.8) is 0 Å². The van der Waals surface area contributed by atoms with Gasteiger partial charge in [0.1, 0.15) is 5.75 Å². The molecule has 1 aliphatic rings. The van der Waals surface area contributed by atoms with Gasteiger partial charge in [-0.05, 0) is 48.9 Å². The van der Waals surface area contributed by atoms with Gasteiger partial charge in [-0.15, -0.1) is 0 Å². The van der Waals surface area contributed by atoms with Crippen LogP contribution in [0.25, 0.3) is 11.1 Å². The average molecular weight is 267 g/mol. The van der Waals surface area contributed by atoms with Gasteiger partial charge in [0.25, 0.3) is 0 Å². The first-order chi connectivity index (χ1) is 9.90. The highest BCUT2D eigenvalue weighted by molar-refractivity contribution is 5.85. The van der Waals surface area contributed by atoms with Crippen LogP contribution in [0.5, 0.6) is 5.75 Å². The second-order valence-electron chi connectivity index (χ2n) is 5.24. The lowest BCUT2D eigenvalue weighted by Crippen LogP contribution is -2.04. The van der Waals surface area contributed by atoms with Gasteiger partial charge in [-0.3, -0.25) is 0 Å². The van der Waals surface area contributed by atoms with E-state index >= 15 is 0 Å². The second kappa shape index (κ2) is 6.00. The minimum Gasteiger partial charge on any atom is -0.493 e. The van der Waals surface area contributed by atoms with Crippen molar-refractivity contribution in [3.8, 4) is 16.9 Å². The van der Waals surface area contributed by atoms with E-state index in [1.165, 1.54) is 29.5 Å². The standard InChI is InChI=1S/C18H21NO/c1-19-16-11-7-12-17-18(16)15-10-5-4-9-14(15)8-3-2-6-13-20-17/h4-5,7,9-12,19H,2-3,6,8,13H2,1H3. The van der Waals surface area contributed by atoms with Crippen molar-refractivity contribution >= 4 is 5.69 Å². The fourth-order valence-electron chi connectivity index (χ4n) is 2.90. The summed E-state index contributed by atoms with van der Waals surface area (Å²) in [6.45, 7) is 0.808. The number of anilines is 1. The normalized spacial score (nSPS) is 14.7. The minimum absolute atomic E-state index is 0.808. The molecule has 0 atom stereocenters. The molecule has 20 heavy (non-hydrogen) atoms. The van der Waals surface area contributed by atoms with E-state index in [0.29, 0.717) is 0 Å². The molecule has 104 valence electrons. The molecular formula is C18H21NO. The number of ether oxygens (including phenoxy) is 1. The van der Waals surface area contributed by atoms with Crippen LogP contribution in [-0.2, 0) is 6.42 Å². The molecule has 0 unspecified atom stereocenters. The third-order valence-corrected chi connectivity index (χ3v) is 3.93. The summed E-state index contributed by atoms with van der Waals surface area (Å²) in [7, 11) is 1.97. The van der Waals surface area contributed by atoms with Gasteiger partial charge in [-0.2, -0.15) is 0 Å². The van der Waals surface area contributed by atoms with Crippen LogP contribution in [0.4, 0.5) is 5.69 Å². The number of rotatable bonds is 1. The molecule has 2 heteroatoms. The van der Waals surface area contributed by atoms with Gasteiger partial charge in [0.2, 0.25) is 0 Å². The lowest BCUT2D eigenvalue weighted by atomic mass is 9.93. The zero-order chi connectivity index (χ0) is 13.8. The van der Waals surface area contributed by atoms with Crippen LogP contribution >= 0.6 is 0 Å². The molecule has 0 aromatic heterocycles. The van der Waals surface area contributed by atoms with Crippen molar-refractivity contribution in [1.29, 1.82) is 0 Å².